The molecule has 2 amide bonds. The maximum atomic E-state index is 13.5. The second kappa shape index (κ2) is 13.6. The van der Waals surface area contributed by atoms with Gasteiger partial charge in [-0.15, -0.1) is 0 Å². The van der Waals surface area contributed by atoms with Gasteiger partial charge >= 0.3 is 0 Å². The number of carbonyl (C=O) groups is 2. The van der Waals surface area contributed by atoms with Crippen LogP contribution in [0.1, 0.15) is 42.9 Å². The molecule has 36 heavy (non-hydrogen) atoms. The number of carbonyl (C=O) groups excluding carboxylic acids is 2. The Balaban J connectivity index is 1.87. The minimum absolute atomic E-state index is 0.0249. The minimum Gasteiger partial charge on any atom is -0.396 e. The van der Waals surface area contributed by atoms with Gasteiger partial charge in [0.2, 0.25) is 11.8 Å². The van der Waals surface area contributed by atoms with Crippen molar-refractivity contribution in [2.45, 2.75) is 32.7 Å². The van der Waals surface area contributed by atoms with E-state index in [-0.39, 0.29) is 44.4 Å². The highest BCUT2D eigenvalue weighted by atomic mass is 17.1. The van der Waals surface area contributed by atoms with Crippen LogP contribution in [0.3, 0.4) is 0 Å². The molecule has 1 aliphatic heterocycles. The summed E-state index contributed by atoms with van der Waals surface area (Å²) in [4.78, 5) is 31.4. The van der Waals surface area contributed by atoms with E-state index in [0.717, 1.165) is 17.5 Å². The zero-order valence-electron chi connectivity index (χ0n) is 20.6. The van der Waals surface area contributed by atoms with Gasteiger partial charge in [0.15, 0.2) is 0 Å². The largest absolute Gasteiger partial charge is 0.396 e. The van der Waals surface area contributed by atoms with E-state index in [1.165, 1.54) is 5.01 Å². The van der Waals surface area contributed by atoms with E-state index in [0.29, 0.717) is 42.4 Å². The number of para-hydroxylation sites is 1. The quantitative estimate of drug-likeness (QED) is 0.151. The van der Waals surface area contributed by atoms with E-state index < -0.39 is 0 Å². The van der Waals surface area contributed by atoms with Gasteiger partial charge in [-0.2, -0.15) is 0 Å². The molecule has 1 aliphatic rings. The van der Waals surface area contributed by atoms with E-state index in [2.05, 4.69) is 10.2 Å². The van der Waals surface area contributed by atoms with Crippen LogP contribution in [0.25, 0.3) is 11.4 Å². The van der Waals surface area contributed by atoms with Gasteiger partial charge in [0.25, 0.3) is 0 Å². The summed E-state index contributed by atoms with van der Waals surface area (Å²) in [5.41, 5.74) is 10.6. The molecule has 0 saturated carbocycles. The first-order valence-corrected chi connectivity index (χ1v) is 12.1. The van der Waals surface area contributed by atoms with Crippen molar-refractivity contribution < 1.29 is 24.5 Å². The zero-order valence-corrected chi connectivity index (χ0v) is 20.6. The molecular formula is C26H35N5O5. The molecule has 0 aromatic heterocycles. The Morgan fingerprint density at radius 2 is 1.78 bits per heavy atom. The van der Waals surface area contributed by atoms with E-state index in [9.17, 15) is 9.59 Å². The summed E-state index contributed by atoms with van der Waals surface area (Å²) in [5, 5.41) is 13.0. The van der Waals surface area contributed by atoms with Crippen molar-refractivity contribution in [3.8, 4) is 0 Å². The lowest BCUT2D eigenvalue weighted by Gasteiger charge is -2.33. The third-order valence-corrected chi connectivity index (χ3v) is 5.84. The highest BCUT2D eigenvalue weighted by Crippen LogP contribution is 2.36. The van der Waals surface area contributed by atoms with Gasteiger partial charge in [0, 0.05) is 37.1 Å². The monoisotopic (exact) mass is 497 g/mol. The van der Waals surface area contributed by atoms with Crippen molar-refractivity contribution in [3.63, 3.8) is 0 Å². The molecule has 2 aromatic rings. The molecule has 0 radical (unpaired) electrons. The fraction of sp³-hybridized carbons (Fsp3) is 0.385. The number of nitrogens with zero attached hydrogens (tertiary/aromatic N) is 2. The molecule has 0 atom stereocenters. The average Bonchev–Trinajstić information content (AvgIpc) is 2.88. The highest BCUT2D eigenvalue weighted by Gasteiger charge is 2.27. The Morgan fingerprint density at radius 1 is 1.06 bits per heavy atom. The minimum atomic E-state index is -0.153. The number of ether oxygens (including phenoxy) is 1. The maximum Gasteiger partial charge on any atom is 0.229 e. The molecule has 10 heteroatoms. The molecule has 0 unspecified atom stereocenters. The number of nitrogens with one attached hydrogen (secondary N) is 1. The van der Waals surface area contributed by atoms with Gasteiger partial charge in [0.05, 0.1) is 36.8 Å². The molecule has 0 bridgehead atoms. The normalized spacial score (nSPS) is 14.9. The lowest BCUT2D eigenvalue weighted by molar-refractivity contribution is -0.243. The van der Waals surface area contributed by atoms with Gasteiger partial charge in [0.1, 0.15) is 6.61 Å². The molecule has 3 rings (SSSR count). The third kappa shape index (κ3) is 6.82. The van der Waals surface area contributed by atoms with E-state index >= 15 is 0 Å². The molecule has 1 heterocycles. The Hall–Kier alpha value is -3.44. The summed E-state index contributed by atoms with van der Waals surface area (Å²) in [6.45, 7) is 3.66. The number of nitrogens with two attached hydrogens (primary N) is 2. The molecule has 194 valence electrons. The number of amides is 2. The first-order chi connectivity index (χ1) is 17.5. The van der Waals surface area contributed by atoms with E-state index in [4.69, 9.17) is 21.6 Å². The van der Waals surface area contributed by atoms with Crippen molar-refractivity contribution in [2.75, 3.05) is 37.8 Å². The van der Waals surface area contributed by atoms with E-state index in [1.807, 2.05) is 55.5 Å². The number of hydrazine groups is 1. The fourth-order valence-corrected chi connectivity index (χ4v) is 4.08. The van der Waals surface area contributed by atoms with Gasteiger partial charge in [-0.25, -0.2) is 10.7 Å². The summed E-state index contributed by atoms with van der Waals surface area (Å²) in [6.07, 6.45) is 1.28. The third-order valence-electron chi connectivity index (χ3n) is 5.84. The molecular weight excluding hydrogens is 462 g/mol. The topological polar surface area (TPSA) is 143 Å². The van der Waals surface area contributed by atoms with Crippen LogP contribution in [0.15, 0.2) is 48.5 Å². The number of fused-ring (bicyclic) bond motifs is 2. The Morgan fingerprint density at radius 3 is 2.53 bits per heavy atom. The smallest absolute Gasteiger partial charge is 0.229 e. The second-order valence-corrected chi connectivity index (χ2v) is 8.41. The molecule has 6 N–H and O–H groups in total. The first kappa shape index (κ1) is 27.2. The van der Waals surface area contributed by atoms with E-state index in [1.54, 1.807) is 4.90 Å². The lowest BCUT2D eigenvalue weighted by atomic mass is 9.95. The Labute approximate surface area is 211 Å². The van der Waals surface area contributed by atoms with Gasteiger partial charge in [-0.1, -0.05) is 49.4 Å². The molecule has 2 aromatic carbocycles. The van der Waals surface area contributed by atoms with Gasteiger partial charge < -0.3 is 25.7 Å². The van der Waals surface area contributed by atoms with Crippen molar-refractivity contribution in [1.29, 1.82) is 0 Å². The number of rotatable bonds is 12. The maximum absolute atomic E-state index is 13.5. The van der Waals surface area contributed by atoms with Crippen LogP contribution in [-0.2, 0) is 25.8 Å². The SMILES string of the molecule is CCCOCCC(=O)NCCC(=O)N1Cc2ccccc2/C(N)=C(/N(N)CCOO)c2ccccc21. The van der Waals surface area contributed by atoms with Crippen molar-refractivity contribution in [2.24, 2.45) is 11.6 Å². The first-order valence-electron chi connectivity index (χ1n) is 12.1. The molecule has 0 spiro atoms. The standard InChI is InChI=1S/C26H35N5O5/c1-2-15-35-16-12-23(32)29-13-11-24(33)30-18-19-7-3-4-8-20(19)25(27)26(31(28)14-17-36-34)21-9-5-6-10-22(21)30/h3-10,34H,2,11-18,27-28H2,1H3,(H,29,32)/b26-25-. The number of benzene rings is 2. The second-order valence-electron chi connectivity index (χ2n) is 8.41. The predicted octanol–water partition coefficient (Wildman–Crippen LogP) is 2.31. The van der Waals surface area contributed by atoms with Gasteiger partial charge in [-0.3, -0.25) is 14.8 Å². The predicted molar refractivity (Wildman–Crippen MR) is 138 cm³/mol. The molecule has 0 aliphatic carbocycles. The summed E-state index contributed by atoms with van der Waals surface area (Å²) in [5.74, 6) is 6.05. The Bertz CT molecular complexity index is 1070. The average molecular weight is 498 g/mol. The summed E-state index contributed by atoms with van der Waals surface area (Å²) in [7, 11) is 0. The van der Waals surface area contributed by atoms with Crippen LogP contribution in [0, 0.1) is 0 Å². The number of hydrogen-bond acceptors (Lipinski definition) is 8. The number of anilines is 1. The van der Waals surface area contributed by atoms with Crippen molar-refractivity contribution >= 4 is 28.9 Å². The zero-order chi connectivity index (χ0) is 25.9. The summed E-state index contributed by atoms with van der Waals surface area (Å²) >= 11 is 0. The van der Waals surface area contributed by atoms with Crippen LogP contribution in [0.2, 0.25) is 0 Å². The van der Waals surface area contributed by atoms with Crippen LogP contribution >= 0.6 is 0 Å². The molecule has 0 saturated heterocycles. The molecule has 0 fully saturated rings. The van der Waals surface area contributed by atoms with Crippen molar-refractivity contribution in [1.82, 2.24) is 10.3 Å². The lowest BCUT2D eigenvalue weighted by Crippen LogP contribution is -2.38. The van der Waals surface area contributed by atoms with Crippen LogP contribution in [-0.4, -0.2) is 55.0 Å². The van der Waals surface area contributed by atoms with Gasteiger partial charge in [-0.05, 0) is 18.1 Å². The van der Waals surface area contributed by atoms with Crippen molar-refractivity contribution in [3.05, 3.63) is 65.2 Å². The summed E-state index contributed by atoms with van der Waals surface area (Å²) in [6, 6.07) is 15.0. The summed E-state index contributed by atoms with van der Waals surface area (Å²) < 4.78 is 5.35. The Kier molecular flexibility index (Phi) is 10.3. The van der Waals surface area contributed by atoms with Crippen LogP contribution in [0.5, 0.6) is 0 Å². The molecule has 10 nitrogen and oxygen atoms in total. The number of hydrogen-bond donors (Lipinski definition) is 4. The van der Waals surface area contributed by atoms with Crippen LogP contribution in [0.4, 0.5) is 5.69 Å². The fourth-order valence-electron chi connectivity index (χ4n) is 4.08. The van der Waals surface area contributed by atoms with Crippen LogP contribution < -0.4 is 21.8 Å². The highest BCUT2D eigenvalue weighted by molar-refractivity contribution is 6.01.